The predicted molar refractivity (Wildman–Crippen MR) is 104 cm³/mol. The highest BCUT2D eigenvalue weighted by Gasteiger charge is 2.33. The van der Waals surface area contributed by atoms with Gasteiger partial charge in [-0.05, 0) is 50.4 Å². The fourth-order valence-electron chi connectivity index (χ4n) is 3.66. The molecule has 0 aromatic heterocycles. The van der Waals surface area contributed by atoms with Crippen molar-refractivity contribution in [3.05, 3.63) is 29.6 Å². The Kier molecular flexibility index (Phi) is 7.62. The Labute approximate surface area is 166 Å². The number of hydrogen-bond donors (Lipinski definition) is 1. The number of halogens is 2. The zero-order chi connectivity index (χ0) is 18.7. The molecule has 6 nitrogen and oxygen atoms in total. The maximum absolute atomic E-state index is 14.6. The van der Waals surface area contributed by atoms with E-state index in [1.165, 1.54) is 16.4 Å². The van der Waals surface area contributed by atoms with Crippen molar-refractivity contribution in [3.63, 3.8) is 0 Å². The molecule has 0 spiro atoms. The van der Waals surface area contributed by atoms with E-state index in [2.05, 4.69) is 5.32 Å². The van der Waals surface area contributed by atoms with E-state index < -0.39 is 15.8 Å². The van der Waals surface area contributed by atoms with Crippen LogP contribution in [-0.2, 0) is 10.0 Å². The van der Waals surface area contributed by atoms with Crippen LogP contribution >= 0.6 is 12.4 Å². The summed E-state index contributed by atoms with van der Waals surface area (Å²) in [4.78, 5) is 13.9. The van der Waals surface area contributed by atoms with Crippen molar-refractivity contribution in [1.82, 2.24) is 14.5 Å². The lowest BCUT2D eigenvalue weighted by Crippen LogP contribution is -2.42. The normalized spacial score (nSPS) is 20.1. The minimum absolute atomic E-state index is 0. The highest BCUT2D eigenvalue weighted by Crippen LogP contribution is 2.24. The van der Waals surface area contributed by atoms with E-state index in [9.17, 15) is 17.6 Å². The number of amides is 1. The number of carbonyl (C=O) groups excluding carboxylic acids is 1. The van der Waals surface area contributed by atoms with E-state index in [1.807, 2.05) is 6.92 Å². The number of benzene rings is 1. The van der Waals surface area contributed by atoms with Gasteiger partial charge in [-0.15, -0.1) is 12.4 Å². The van der Waals surface area contributed by atoms with E-state index in [1.54, 1.807) is 4.90 Å². The summed E-state index contributed by atoms with van der Waals surface area (Å²) in [6.07, 6.45) is 3.26. The standard InChI is InChI=1S/C18H26FN3O3S.ClH/c1-2-9-22(14-7-8-20-13-14)26(24,25)15-5-6-16(17(19)12-15)18(23)21-10-3-4-11-21;/h5-6,12,14,20H,2-4,7-11,13H2,1H3;1H. The third-order valence-electron chi connectivity index (χ3n) is 5.06. The van der Waals surface area contributed by atoms with Gasteiger partial charge in [0.2, 0.25) is 10.0 Å². The van der Waals surface area contributed by atoms with Crippen molar-refractivity contribution in [2.45, 2.75) is 43.5 Å². The van der Waals surface area contributed by atoms with Crippen LogP contribution in [0, 0.1) is 5.82 Å². The van der Waals surface area contributed by atoms with Gasteiger partial charge in [0.25, 0.3) is 5.91 Å². The highest BCUT2D eigenvalue weighted by molar-refractivity contribution is 7.89. The summed E-state index contributed by atoms with van der Waals surface area (Å²) in [6, 6.07) is 3.53. The van der Waals surface area contributed by atoms with Crippen LogP contribution in [0.4, 0.5) is 4.39 Å². The first-order valence-corrected chi connectivity index (χ1v) is 10.7. The van der Waals surface area contributed by atoms with Crippen LogP contribution in [-0.4, -0.2) is 62.3 Å². The third kappa shape index (κ3) is 4.62. The van der Waals surface area contributed by atoms with Crippen molar-refractivity contribution < 1.29 is 17.6 Å². The second-order valence-electron chi connectivity index (χ2n) is 6.90. The molecule has 1 amide bonds. The molecule has 2 saturated heterocycles. The average Bonchev–Trinajstić information content (AvgIpc) is 3.32. The number of sulfonamides is 1. The summed E-state index contributed by atoms with van der Waals surface area (Å²) >= 11 is 0. The summed E-state index contributed by atoms with van der Waals surface area (Å²) in [6.45, 7) is 4.94. The monoisotopic (exact) mass is 419 g/mol. The van der Waals surface area contributed by atoms with E-state index in [0.29, 0.717) is 32.6 Å². The van der Waals surface area contributed by atoms with Crippen LogP contribution in [0.5, 0.6) is 0 Å². The van der Waals surface area contributed by atoms with Gasteiger partial charge in [-0.1, -0.05) is 6.92 Å². The lowest BCUT2D eigenvalue weighted by molar-refractivity contribution is 0.0788. The molecular weight excluding hydrogens is 393 g/mol. The van der Waals surface area contributed by atoms with Crippen molar-refractivity contribution in [2.24, 2.45) is 0 Å². The fourth-order valence-corrected chi connectivity index (χ4v) is 5.42. The molecule has 27 heavy (non-hydrogen) atoms. The average molecular weight is 420 g/mol. The molecule has 0 bridgehead atoms. The molecule has 2 fully saturated rings. The zero-order valence-corrected chi connectivity index (χ0v) is 17.1. The molecule has 1 aromatic rings. The molecular formula is C18H27ClFN3O3S. The molecule has 0 radical (unpaired) electrons. The SMILES string of the molecule is CCCN(C1CCNC1)S(=O)(=O)c1ccc(C(=O)N2CCCC2)c(F)c1.Cl. The Hall–Kier alpha value is -1.22. The first kappa shape index (κ1) is 22.1. The molecule has 2 heterocycles. The van der Waals surface area contributed by atoms with E-state index in [0.717, 1.165) is 31.9 Å². The van der Waals surface area contributed by atoms with Crippen LogP contribution in [0.25, 0.3) is 0 Å². The topological polar surface area (TPSA) is 69.7 Å². The van der Waals surface area contributed by atoms with Crippen LogP contribution < -0.4 is 5.32 Å². The maximum Gasteiger partial charge on any atom is 0.256 e. The molecule has 3 rings (SSSR count). The van der Waals surface area contributed by atoms with Gasteiger partial charge in [0.15, 0.2) is 0 Å². The van der Waals surface area contributed by atoms with Crippen molar-refractivity contribution in [1.29, 1.82) is 0 Å². The number of nitrogens with one attached hydrogen (secondary N) is 1. The molecule has 1 unspecified atom stereocenters. The minimum atomic E-state index is -3.80. The van der Waals surface area contributed by atoms with Crippen molar-refractivity contribution >= 4 is 28.3 Å². The molecule has 0 saturated carbocycles. The highest BCUT2D eigenvalue weighted by atomic mass is 35.5. The fraction of sp³-hybridized carbons (Fsp3) is 0.611. The molecule has 1 atom stereocenters. The molecule has 0 aliphatic carbocycles. The summed E-state index contributed by atoms with van der Waals surface area (Å²) in [5.41, 5.74) is -0.0598. The smallest absolute Gasteiger partial charge is 0.256 e. The first-order valence-electron chi connectivity index (χ1n) is 9.26. The predicted octanol–water partition coefficient (Wildman–Crippen LogP) is 2.25. The number of carbonyl (C=O) groups is 1. The van der Waals surface area contributed by atoms with Gasteiger partial charge in [0, 0.05) is 32.2 Å². The Bertz CT molecular complexity index is 763. The molecule has 1 N–H and O–H groups in total. The zero-order valence-electron chi connectivity index (χ0n) is 15.5. The van der Waals surface area contributed by atoms with Gasteiger partial charge in [0.1, 0.15) is 5.82 Å². The van der Waals surface area contributed by atoms with Crippen molar-refractivity contribution in [3.8, 4) is 0 Å². The molecule has 9 heteroatoms. The van der Waals surface area contributed by atoms with Crippen LogP contribution in [0.15, 0.2) is 23.1 Å². The van der Waals surface area contributed by atoms with Crippen LogP contribution in [0.1, 0.15) is 43.0 Å². The van der Waals surface area contributed by atoms with Crippen LogP contribution in [0.2, 0.25) is 0 Å². The van der Waals surface area contributed by atoms with E-state index in [4.69, 9.17) is 0 Å². The van der Waals surface area contributed by atoms with Gasteiger partial charge in [-0.25, -0.2) is 12.8 Å². The molecule has 1 aromatic carbocycles. The maximum atomic E-state index is 14.6. The Morgan fingerprint density at radius 1 is 1.33 bits per heavy atom. The number of nitrogens with zero attached hydrogens (tertiary/aromatic N) is 2. The van der Waals surface area contributed by atoms with Gasteiger partial charge in [-0.3, -0.25) is 4.79 Å². The van der Waals surface area contributed by atoms with E-state index >= 15 is 0 Å². The summed E-state index contributed by atoms with van der Waals surface area (Å²) < 4.78 is 42.1. The third-order valence-corrected chi connectivity index (χ3v) is 7.00. The number of rotatable bonds is 6. The summed E-state index contributed by atoms with van der Waals surface area (Å²) in [7, 11) is -3.80. The number of hydrogen-bond acceptors (Lipinski definition) is 4. The first-order chi connectivity index (χ1) is 12.4. The van der Waals surface area contributed by atoms with Gasteiger partial charge >= 0.3 is 0 Å². The molecule has 152 valence electrons. The number of likely N-dealkylation sites (tertiary alicyclic amines) is 1. The van der Waals surface area contributed by atoms with Gasteiger partial charge in [-0.2, -0.15) is 4.31 Å². The van der Waals surface area contributed by atoms with E-state index in [-0.39, 0.29) is 34.8 Å². The second-order valence-corrected chi connectivity index (χ2v) is 8.79. The Morgan fingerprint density at radius 2 is 2.04 bits per heavy atom. The Balaban J connectivity index is 0.00000261. The Morgan fingerprint density at radius 3 is 2.59 bits per heavy atom. The quantitative estimate of drug-likeness (QED) is 0.767. The van der Waals surface area contributed by atoms with Crippen molar-refractivity contribution in [2.75, 3.05) is 32.7 Å². The summed E-state index contributed by atoms with van der Waals surface area (Å²) in [5, 5.41) is 3.17. The molecule has 2 aliphatic heterocycles. The van der Waals surface area contributed by atoms with Crippen LogP contribution in [0.3, 0.4) is 0 Å². The second kappa shape index (κ2) is 9.32. The van der Waals surface area contributed by atoms with Gasteiger partial charge in [0.05, 0.1) is 10.5 Å². The largest absolute Gasteiger partial charge is 0.339 e. The summed E-state index contributed by atoms with van der Waals surface area (Å²) in [5.74, 6) is -1.14. The van der Waals surface area contributed by atoms with Gasteiger partial charge < -0.3 is 10.2 Å². The lowest BCUT2D eigenvalue weighted by atomic mass is 10.2. The lowest BCUT2D eigenvalue weighted by Gasteiger charge is -2.27. The molecule has 2 aliphatic rings. The minimum Gasteiger partial charge on any atom is -0.339 e.